The van der Waals surface area contributed by atoms with Crippen LogP contribution in [0.4, 0.5) is 0 Å². The van der Waals surface area contributed by atoms with E-state index in [4.69, 9.17) is 4.74 Å². The molecule has 0 amide bonds. The fourth-order valence-electron chi connectivity index (χ4n) is 2.35. The summed E-state index contributed by atoms with van der Waals surface area (Å²) in [4.78, 5) is 1.46. The standard InChI is InChI=1S/C16H21NOS/c1-17-12-14(11-16-7-4-8-19-16)9-13-5-3-6-15(10-13)18-2/h3-8,10,14,17H,9,11-12H2,1-2H3. The minimum atomic E-state index is 0.621. The van der Waals surface area contributed by atoms with Crippen molar-refractivity contribution in [2.24, 2.45) is 5.92 Å². The van der Waals surface area contributed by atoms with Gasteiger partial charge in [0.05, 0.1) is 7.11 Å². The van der Waals surface area contributed by atoms with Crippen molar-refractivity contribution in [3.63, 3.8) is 0 Å². The summed E-state index contributed by atoms with van der Waals surface area (Å²) in [5.74, 6) is 1.56. The summed E-state index contributed by atoms with van der Waals surface area (Å²) in [6.07, 6.45) is 2.21. The molecule has 102 valence electrons. The molecule has 0 fully saturated rings. The Morgan fingerprint density at radius 2 is 2.11 bits per heavy atom. The molecule has 0 saturated carbocycles. The molecule has 2 rings (SSSR count). The van der Waals surface area contributed by atoms with Crippen molar-refractivity contribution in [3.05, 3.63) is 52.2 Å². The zero-order valence-corrected chi connectivity index (χ0v) is 12.4. The first-order valence-electron chi connectivity index (χ1n) is 6.61. The molecule has 1 heterocycles. The van der Waals surface area contributed by atoms with E-state index in [2.05, 4.69) is 41.0 Å². The number of nitrogens with one attached hydrogen (secondary N) is 1. The SMILES string of the molecule is CNCC(Cc1cccc(OC)c1)Cc1cccs1. The Labute approximate surface area is 119 Å². The zero-order valence-electron chi connectivity index (χ0n) is 11.6. The summed E-state index contributed by atoms with van der Waals surface area (Å²) in [7, 11) is 3.74. The Kier molecular flexibility index (Phi) is 5.43. The monoisotopic (exact) mass is 275 g/mol. The van der Waals surface area contributed by atoms with Crippen molar-refractivity contribution in [2.75, 3.05) is 20.7 Å². The minimum Gasteiger partial charge on any atom is -0.497 e. The maximum atomic E-state index is 5.29. The molecular formula is C16H21NOS. The van der Waals surface area contributed by atoms with Crippen LogP contribution in [-0.2, 0) is 12.8 Å². The Balaban J connectivity index is 2.02. The second kappa shape index (κ2) is 7.31. The molecule has 2 aromatic rings. The molecular weight excluding hydrogens is 254 g/mol. The molecule has 3 heteroatoms. The number of thiophene rings is 1. The van der Waals surface area contributed by atoms with E-state index < -0.39 is 0 Å². The van der Waals surface area contributed by atoms with Crippen molar-refractivity contribution in [1.29, 1.82) is 0 Å². The molecule has 1 aromatic carbocycles. The average molecular weight is 275 g/mol. The number of benzene rings is 1. The van der Waals surface area contributed by atoms with Gasteiger partial charge >= 0.3 is 0 Å². The molecule has 19 heavy (non-hydrogen) atoms. The van der Waals surface area contributed by atoms with Crippen molar-refractivity contribution >= 4 is 11.3 Å². The minimum absolute atomic E-state index is 0.621. The van der Waals surface area contributed by atoms with Crippen molar-refractivity contribution in [3.8, 4) is 5.75 Å². The Morgan fingerprint density at radius 3 is 2.79 bits per heavy atom. The van der Waals surface area contributed by atoms with Gasteiger partial charge in [-0.3, -0.25) is 0 Å². The number of methoxy groups -OCH3 is 1. The third-order valence-corrected chi connectivity index (χ3v) is 4.12. The highest BCUT2D eigenvalue weighted by Crippen LogP contribution is 2.20. The lowest BCUT2D eigenvalue weighted by molar-refractivity contribution is 0.413. The highest BCUT2D eigenvalue weighted by atomic mass is 32.1. The first-order chi connectivity index (χ1) is 9.31. The largest absolute Gasteiger partial charge is 0.497 e. The number of ether oxygens (including phenoxy) is 1. The van der Waals surface area contributed by atoms with Gasteiger partial charge in [-0.15, -0.1) is 11.3 Å². The maximum absolute atomic E-state index is 5.29. The van der Waals surface area contributed by atoms with E-state index in [1.54, 1.807) is 7.11 Å². The fourth-order valence-corrected chi connectivity index (χ4v) is 3.17. The predicted octanol–water partition coefficient (Wildman–Crippen LogP) is 3.38. The van der Waals surface area contributed by atoms with Gasteiger partial charge in [0.15, 0.2) is 0 Å². The lowest BCUT2D eigenvalue weighted by Gasteiger charge is -2.16. The summed E-state index contributed by atoms with van der Waals surface area (Å²) in [6.45, 7) is 1.04. The maximum Gasteiger partial charge on any atom is 0.119 e. The summed E-state index contributed by atoms with van der Waals surface area (Å²) < 4.78 is 5.29. The molecule has 1 N–H and O–H groups in total. The molecule has 0 aliphatic rings. The molecule has 0 aliphatic heterocycles. The van der Waals surface area contributed by atoms with Crippen LogP contribution in [0.1, 0.15) is 10.4 Å². The predicted molar refractivity (Wildman–Crippen MR) is 82.1 cm³/mol. The van der Waals surface area contributed by atoms with Crippen LogP contribution in [0.3, 0.4) is 0 Å². The van der Waals surface area contributed by atoms with E-state index in [0.717, 1.165) is 25.1 Å². The molecule has 1 atom stereocenters. The van der Waals surface area contributed by atoms with Crippen LogP contribution >= 0.6 is 11.3 Å². The first kappa shape index (κ1) is 14.1. The van der Waals surface area contributed by atoms with Crippen molar-refractivity contribution in [2.45, 2.75) is 12.8 Å². The lowest BCUT2D eigenvalue weighted by atomic mass is 9.95. The van der Waals surface area contributed by atoms with Gasteiger partial charge in [-0.2, -0.15) is 0 Å². The molecule has 1 unspecified atom stereocenters. The normalized spacial score (nSPS) is 12.3. The summed E-state index contributed by atoms with van der Waals surface area (Å²) >= 11 is 1.84. The van der Waals surface area contributed by atoms with Crippen LogP contribution in [-0.4, -0.2) is 20.7 Å². The van der Waals surface area contributed by atoms with Crippen LogP contribution in [0, 0.1) is 5.92 Å². The fraction of sp³-hybridized carbons (Fsp3) is 0.375. The van der Waals surface area contributed by atoms with E-state index in [9.17, 15) is 0 Å². The molecule has 0 aliphatic carbocycles. The molecule has 0 spiro atoms. The third kappa shape index (κ3) is 4.37. The highest BCUT2D eigenvalue weighted by molar-refractivity contribution is 7.09. The van der Waals surface area contributed by atoms with E-state index in [0.29, 0.717) is 5.92 Å². The van der Waals surface area contributed by atoms with Gasteiger partial charge in [0.1, 0.15) is 5.75 Å². The lowest BCUT2D eigenvalue weighted by Crippen LogP contribution is -2.22. The second-order valence-electron chi connectivity index (χ2n) is 4.76. The number of hydrogen-bond acceptors (Lipinski definition) is 3. The summed E-state index contributed by atoms with van der Waals surface area (Å²) in [6, 6.07) is 12.7. The van der Waals surface area contributed by atoms with E-state index in [1.807, 2.05) is 24.5 Å². The van der Waals surface area contributed by atoms with Crippen LogP contribution in [0.5, 0.6) is 5.75 Å². The van der Waals surface area contributed by atoms with Crippen LogP contribution in [0.15, 0.2) is 41.8 Å². The van der Waals surface area contributed by atoms with Gasteiger partial charge < -0.3 is 10.1 Å². The van der Waals surface area contributed by atoms with Crippen molar-refractivity contribution < 1.29 is 4.74 Å². The molecule has 1 aromatic heterocycles. The zero-order chi connectivity index (χ0) is 13.5. The van der Waals surface area contributed by atoms with Gasteiger partial charge in [0.25, 0.3) is 0 Å². The van der Waals surface area contributed by atoms with E-state index in [1.165, 1.54) is 10.4 Å². The number of hydrogen-bond donors (Lipinski definition) is 1. The molecule has 0 saturated heterocycles. The Hall–Kier alpha value is -1.32. The topological polar surface area (TPSA) is 21.3 Å². The molecule has 2 nitrogen and oxygen atoms in total. The smallest absolute Gasteiger partial charge is 0.119 e. The average Bonchev–Trinajstić information content (AvgIpc) is 2.92. The molecule has 0 radical (unpaired) electrons. The van der Waals surface area contributed by atoms with Crippen LogP contribution < -0.4 is 10.1 Å². The van der Waals surface area contributed by atoms with Crippen molar-refractivity contribution in [1.82, 2.24) is 5.32 Å². The quantitative estimate of drug-likeness (QED) is 0.836. The first-order valence-corrected chi connectivity index (χ1v) is 7.49. The Morgan fingerprint density at radius 1 is 1.21 bits per heavy atom. The number of rotatable bonds is 7. The Bertz CT molecular complexity index is 481. The molecule has 0 bridgehead atoms. The van der Waals surface area contributed by atoms with Gasteiger partial charge in [-0.05, 0) is 61.5 Å². The van der Waals surface area contributed by atoms with Crippen LogP contribution in [0.2, 0.25) is 0 Å². The summed E-state index contributed by atoms with van der Waals surface area (Å²) in [5, 5.41) is 5.45. The van der Waals surface area contributed by atoms with Gasteiger partial charge in [0.2, 0.25) is 0 Å². The third-order valence-electron chi connectivity index (χ3n) is 3.22. The van der Waals surface area contributed by atoms with E-state index >= 15 is 0 Å². The van der Waals surface area contributed by atoms with Gasteiger partial charge in [0, 0.05) is 4.88 Å². The highest BCUT2D eigenvalue weighted by Gasteiger charge is 2.11. The van der Waals surface area contributed by atoms with Gasteiger partial charge in [-0.1, -0.05) is 18.2 Å². The second-order valence-corrected chi connectivity index (χ2v) is 5.80. The van der Waals surface area contributed by atoms with E-state index in [-0.39, 0.29) is 0 Å². The van der Waals surface area contributed by atoms with Crippen LogP contribution in [0.25, 0.3) is 0 Å². The van der Waals surface area contributed by atoms with Gasteiger partial charge in [-0.25, -0.2) is 0 Å². The summed E-state index contributed by atoms with van der Waals surface area (Å²) in [5.41, 5.74) is 1.34.